The van der Waals surface area contributed by atoms with Crippen molar-refractivity contribution in [2.75, 3.05) is 33.3 Å². The minimum Gasteiger partial charge on any atom is -0.468 e. The molecule has 1 saturated heterocycles. The first kappa shape index (κ1) is 20.0. The van der Waals surface area contributed by atoms with E-state index in [-0.39, 0.29) is 18.0 Å². The van der Waals surface area contributed by atoms with Crippen LogP contribution < -0.4 is 10.6 Å². The van der Waals surface area contributed by atoms with Crippen molar-refractivity contribution in [1.29, 1.82) is 0 Å². The van der Waals surface area contributed by atoms with Crippen molar-refractivity contribution in [1.82, 2.24) is 29.9 Å². The molecule has 2 N–H and O–H groups in total. The second kappa shape index (κ2) is 8.52. The van der Waals surface area contributed by atoms with Crippen molar-refractivity contribution >= 4 is 33.1 Å². The molecule has 0 bridgehead atoms. The van der Waals surface area contributed by atoms with Gasteiger partial charge >= 0.3 is 12.0 Å². The molecule has 2 heterocycles. The molecule has 0 saturated carbocycles. The summed E-state index contributed by atoms with van der Waals surface area (Å²) in [6.07, 6.45) is 1.75. The molecular weight excluding hydrogens is 388 g/mol. The predicted octanol–water partition coefficient (Wildman–Crippen LogP) is -0.312. The number of nitrogens with one attached hydrogen (secondary N) is 2. The van der Waals surface area contributed by atoms with E-state index in [0.29, 0.717) is 30.7 Å². The first-order chi connectivity index (χ1) is 13.4. The Kier molecular flexibility index (Phi) is 6.09. The summed E-state index contributed by atoms with van der Waals surface area (Å²) in [5, 5.41) is 13.0. The number of hydrogen-bond donors (Lipinski definition) is 2. The Bertz CT molecular complexity index is 967. The molecule has 0 spiro atoms. The van der Waals surface area contributed by atoms with E-state index in [1.165, 1.54) is 17.5 Å². The van der Waals surface area contributed by atoms with Crippen molar-refractivity contribution in [3.63, 3.8) is 0 Å². The van der Waals surface area contributed by atoms with Gasteiger partial charge in [0.2, 0.25) is 10.0 Å². The largest absolute Gasteiger partial charge is 0.468 e. The lowest BCUT2D eigenvalue weighted by Crippen LogP contribution is -2.40. The SMILES string of the molecule is COC(=O)CNC(=O)NCCn1nnc2cc(S(=O)(=O)N3CCCC3)ccc21. The van der Waals surface area contributed by atoms with Gasteiger partial charge in [-0.1, -0.05) is 5.21 Å². The summed E-state index contributed by atoms with van der Waals surface area (Å²) < 4.78 is 32.8. The Hall–Kier alpha value is -2.73. The molecule has 1 aliphatic heterocycles. The molecule has 1 fully saturated rings. The fourth-order valence-corrected chi connectivity index (χ4v) is 4.46. The molecule has 3 rings (SSSR count). The van der Waals surface area contributed by atoms with Crippen LogP contribution in [0.5, 0.6) is 0 Å². The summed E-state index contributed by atoms with van der Waals surface area (Å²) in [6, 6.07) is 4.22. The fourth-order valence-electron chi connectivity index (χ4n) is 2.92. The highest BCUT2D eigenvalue weighted by atomic mass is 32.2. The quantitative estimate of drug-likeness (QED) is 0.598. The van der Waals surface area contributed by atoms with Crippen LogP contribution in [0.1, 0.15) is 12.8 Å². The molecule has 2 amide bonds. The molecule has 0 aliphatic carbocycles. The van der Waals surface area contributed by atoms with E-state index < -0.39 is 22.0 Å². The van der Waals surface area contributed by atoms with Crippen LogP contribution in [-0.4, -0.2) is 73.0 Å². The zero-order chi connectivity index (χ0) is 20.1. The van der Waals surface area contributed by atoms with Crippen molar-refractivity contribution in [2.45, 2.75) is 24.3 Å². The summed E-state index contributed by atoms with van der Waals surface area (Å²) in [7, 11) is -2.28. The van der Waals surface area contributed by atoms with Crippen LogP contribution in [0.3, 0.4) is 0 Å². The number of amides is 2. The lowest BCUT2D eigenvalue weighted by atomic mass is 10.3. The number of fused-ring (bicyclic) bond motifs is 1. The monoisotopic (exact) mass is 410 g/mol. The number of carbonyl (C=O) groups is 2. The lowest BCUT2D eigenvalue weighted by molar-refractivity contribution is -0.139. The van der Waals surface area contributed by atoms with Gasteiger partial charge in [0, 0.05) is 19.6 Å². The number of benzene rings is 1. The Morgan fingerprint density at radius 3 is 2.68 bits per heavy atom. The van der Waals surface area contributed by atoms with Crippen LogP contribution in [0.15, 0.2) is 23.1 Å². The van der Waals surface area contributed by atoms with Gasteiger partial charge in [0.05, 0.1) is 24.1 Å². The van der Waals surface area contributed by atoms with E-state index in [4.69, 9.17) is 0 Å². The Morgan fingerprint density at radius 2 is 1.96 bits per heavy atom. The molecule has 152 valence electrons. The van der Waals surface area contributed by atoms with Crippen LogP contribution in [-0.2, 0) is 26.1 Å². The molecular formula is C16H22N6O5S. The number of hydrogen-bond acceptors (Lipinski definition) is 7. The molecule has 2 aromatic rings. The highest BCUT2D eigenvalue weighted by Gasteiger charge is 2.27. The fraction of sp³-hybridized carbons (Fsp3) is 0.500. The van der Waals surface area contributed by atoms with E-state index in [1.54, 1.807) is 16.8 Å². The summed E-state index contributed by atoms with van der Waals surface area (Å²) in [5.41, 5.74) is 1.13. The average Bonchev–Trinajstić information content (AvgIpc) is 3.36. The maximum atomic E-state index is 12.6. The summed E-state index contributed by atoms with van der Waals surface area (Å²) in [6.45, 7) is 1.44. The van der Waals surface area contributed by atoms with Gasteiger partial charge in [-0.05, 0) is 31.0 Å². The van der Waals surface area contributed by atoms with Gasteiger partial charge in [0.25, 0.3) is 0 Å². The van der Waals surface area contributed by atoms with Gasteiger partial charge in [-0.2, -0.15) is 4.31 Å². The predicted molar refractivity (Wildman–Crippen MR) is 98.9 cm³/mol. The lowest BCUT2D eigenvalue weighted by Gasteiger charge is -2.15. The maximum Gasteiger partial charge on any atom is 0.325 e. The Balaban J connectivity index is 1.61. The van der Waals surface area contributed by atoms with Crippen molar-refractivity contribution in [2.24, 2.45) is 0 Å². The number of aromatic nitrogens is 3. The molecule has 0 radical (unpaired) electrons. The second-order valence-electron chi connectivity index (χ2n) is 6.26. The van der Waals surface area contributed by atoms with Crippen molar-refractivity contribution in [3.8, 4) is 0 Å². The molecule has 0 atom stereocenters. The Labute approximate surface area is 162 Å². The highest BCUT2D eigenvalue weighted by molar-refractivity contribution is 7.89. The zero-order valence-corrected chi connectivity index (χ0v) is 16.2. The normalized spacial score (nSPS) is 14.9. The third-order valence-electron chi connectivity index (χ3n) is 4.42. The van der Waals surface area contributed by atoms with Crippen LogP contribution in [0, 0.1) is 0 Å². The Morgan fingerprint density at radius 1 is 1.21 bits per heavy atom. The van der Waals surface area contributed by atoms with E-state index in [1.807, 2.05) is 0 Å². The van der Waals surface area contributed by atoms with E-state index in [2.05, 4.69) is 25.7 Å². The van der Waals surface area contributed by atoms with E-state index >= 15 is 0 Å². The van der Waals surface area contributed by atoms with E-state index in [9.17, 15) is 18.0 Å². The van der Waals surface area contributed by atoms with Crippen LogP contribution in [0.4, 0.5) is 4.79 Å². The molecule has 1 aromatic heterocycles. The van der Waals surface area contributed by atoms with Crippen LogP contribution >= 0.6 is 0 Å². The van der Waals surface area contributed by atoms with Crippen LogP contribution in [0.25, 0.3) is 11.0 Å². The summed E-state index contributed by atoms with van der Waals surface area (Å²) in [5.74, 6) is -0.544. The van der Waals surface area contributed by atoms with Crippen molar-refractivity contribution < 1.29 is 22.7 Å². The highest BCUT2D eigenvalue weighted by Crippen LogP contribution is 2.23. The standard InChI is InChI=1S/C16H22N6O5S/c1-27-15(23)11-18-16(24)17-6-9-22-14-5-4-12(10-13(14)19-20-22)28(25,26)21-7-2-3-8-21/h4-5,10H,2-3,6-9,11H2,1H3,(H2,17,18,24). The minimum atomic E-state index is -3.51. The summed E-state index contributed by atoms with van der Waals surface area (Å²) >= 11 is 0. The van der Waals surface area contributed by atoms with Gasteiger partial charge in [-0.3, -0.25) is 4.79 Å². The van der Waals surface area contributed by atoms with Crippen LogP contribution in [0.2, 0.25) is 0 Å². The number of urea groups is 1. The van der Waals surface area contributed by atoms with Gasteiger partial charge in [0.15, 0.2) is 0 Å². The molecule has 0 unspecified atom stereocenters. The van der Waals surface area contributed by atoms with Gasteiger partial charge in [0.1, 0.15) is 12.1 Å². The minimum absolute atomic E-state index is 0.203. The first-order valence-electron chi connectivity index (χ1n) is 8.84. The molecule has 11 nitrogen and oxygen atoms in total. The number of methoxy groups -OCH3 is 1. The zero-order valence-electron chi connectivity index (χ0n) is 15.4. The number of carbonyl (C=O) groups excluding carboxylic acids is 2. The van der Waals surface area contributed by atoms with Gasteiger partial charge in [-0.25, -0.2) is 17.9 Å². The van der Waals surface area contributed by atoms with E-state index in [0.717, 1.165) is 12.8 Å². The topological polar surface area (TPSA) is 136 Å². The molecule has 28 heavy (non-hydrogen) atoms. The number of nitrogens with zero attached hydrogens (tertiary/aromatic N) is 4. The third kappa shape index (κ3) is 4.39. The third-order valence-corrected chi connectivity index (χ3v) is 6.31. The summed E-state index contributed by atoms with van der Waals surface area (Å²) in [4.78, 5) is 22.8. The smallest absolute Gasteiger partial charge is 0.325 e. The molecule has 1 aromatic carbocycles. The van der Waals surface area contributed by atoms with Gasteiger partial charge < -0.3 is 15.4 Å². The molecule has 1 aliphatic rings. The molecule has 12 heteroatoms. The first-order valence-corrected chi connectivity index (χ1v) is 10.3. The average molecular weight is 410 g/mol. The second-order valence-corrected chi connectivity index (χ2v) is 8.20. The number of sulfonamides is 1. The maximum absolute atomic E-state index is 12.6. The number of esters is 1. The van der Waals surface area contributed by atoms with Crippen molar-refractivity contribution in [3.05, 3.63) is 18.2 Å². The number of ether oxygens (including phenoxy) is 1. The van der Waals surface area contributed by atoms with Gasteiger partial charge in [-0.15, -0.1) is 5.10 Å². The number of rotatable bonds is 7.